The Morgan fingerprint density at radius 2 is 1.73 bits per heavy atom. The summed E-state index contributed by atoms with van der Waals surface area (Å²) in [5.41, 5.74) is 8.89. The summed E-state index contributed by atoms with van der Waals surface area (Å²) in [5, 5.41) is 3.60. The second kappa shape index (κ2) is 22.1. The van der Waals surface area contributed by atoms with Crippen molar-refractivity contribution in [3.8, 4) is 0 Å². The summed E-state index contributed by atoms with van der Waals surface area (Å²) < 4.78 is 16.1. The van der Waals surface area contributed by atoms with Crippen LogP contribution in [0.2, 0.25) is 0 Å². The average Bonchev–Trinajstić information content (AvgIpc) is 3.59. The minimum Gasteiger partial charge on any atom is -0.466 e. The fraction of sp³-hybridized carbons (Fsp3) is 0.519. The van der Waals surface area contributed by atoms with Gasteiger partial charge in [0, 0.05) is 48.2 Å². The SMILES string of the molecule is C=C(/C=C/C1=C(N(C)C(=O)OC(C)(C)C)C(=C/C=C2/N(CCCCSC)C3=C(C=C(C(=O)OC)CC=C3)C2(C)C)/CC1)C(C)(C)Cc1cc(C(=O)OC)ccc1NCCCCC. The molecule has 0 bridgehead atoms. The lowest BCUT2D eigenvalue weighted by molar-refractivity contribution is -0.136. The quantitative estimate of drug-likeness (QED) is 0.0631. The number of esters is 2. The van der Waals surface area contributed by atoms with E-state index in [9.17, 15) is 14.4 Å². The Hall–Kier alpha value is -4.70. The molecule has 0 saturated heterocycles. The number of nitrogens with one attached hydrogen (secondary N) is 1. The lowest BCUT2D eigenvalue weighted by atomic mass is 9.78. The zero-order chi connectivity index (χ0) is 45.8. The van der Waals surface area contributed by atoms with E-state index in [2.05, 4.69) is 94.1 Å². The van der Waals surface area contributed by atoms with Crippen LogP contribution in [0, 0.1) is 10.8 Å². The van der Waals surface area contributed by atoms with Crippen LogP contribution in [0.3, 0.4) is 0 Å². The van der Waals surface area contributed by atoms with Crippen molar-refractivity contribution in [2.75, 3.05) is 51.7 Å². The number of benzene rings is 1. The van der Waals surface area contributed by atoms with E-state index in [4.69, 9.17) is 14.2 Å². The van der Waals surface area contributed by atoms with Crippen LogP contribution in [0.1, 0.15) is 123 Å². The Bertz CT molecular complexity index is 2050. The van der Waals surface area contributed by atoms with Crippen molar-refractivity contribution in [2.45, 2.75) is 119 Å². The van der Waals surface area contributed by atoms with E-state index in [1.165, 1.54) is 14.2 Å². The number of allylic oxidation sites excluding steroid dienone is 11. The molecule has 0 radical (unpaired) electrons. The predicted molar refractivity (Wildman–Crippen MR) is 257 cm³/mol. The number of likely N-dealkylation sites (N-methyl/N-ethyl adjacent to an activating group) is 1. The molecule has 1 aromatic carbocycles. The summed E-state index contributed by atoms with van der Waals surface area (Å²) in [6.07, 6.45) is 24.6. The number of carbonyl (C=O) groups is 3. The van der Waals surface area contributed by atoms with Gasteiger partial charge in [-0.3, -0.25) is 4.90 Å². The van der Waals surface area contributed by atoms with Crippen LogP contribution in [-0.4, -0.2) is 79.8 Å². The first-order valence-electron chi connectivity index (χ1n) is 22.2. The van der Waals surface area contributed by atoms with Gasteiger partial charge in [0.1, 0.15) is 5.60 Å². The van der Waals surface area contributed by atoms with Crippen molar-refractivity contribution >= 4 is 35.5 Å². The minimum absolute atomic E-state index is 0.310. The highest BCUT2D eigenvalue weighted by Gasteiger charge is 2.41. The van der Waals surface area contributed by atoms with Gasteiger partial charge in [0.05, 0.1) is 25.5 Å². The van der Waals surface area contributed by atoms with Crippen LogP contribution in [0.5, 0.6) is 0 Å². The molecule has 0 atom stereocenters. The van der Waals surface area contributed by atoms with Crippen molar-refractivity contribution in [3.63, 3.8) is 0 Å². The molecule has 1 heterocycles. The third kappa shape index (κ3) is 12.7. The molecule has 62 heavy (non-hydrogen) atoms. The van der Waals surface area contributed by atoms with Gasteiger partial charge in [-0.15, -0.1) is 0 Å². The number of amides is 1. The van der Waals surface area contributed by atoms with Crippen molar-refractivity contribution in [2.24, 2.45) is 10.8 Å². The minimum atomic E-state index is -0.669. The maximum atomic E-state index is 13.8. The van der Waals surface area contributed by atoms with E-state index >= 15 is 0 Å². The summed E-state index contributed by atoms with van der Waals surface area (Å²) in [4.78, 5) is 43.2. The molecule has 3 aliphatic rings. The van der Waals surface area contributed by atoms with E-state index in [0.29, 0.717) is 24.0 Å². The number of hydrogen-bond acceptors (Lipinski definition) is 9. The number of rotatable bonds is 19. The second-order valence-corrected chi connectivity index (χ2v) is 19.6. The molecular formula is C52H73N3O6S. The second-order valence-electron chi connectivity index (χ2n) is 18.6. The maximum Gasteiger partial charge on any atom is 0.414 e. The lowest BCUT2D eigenvalue weighted by Crippen LogP contribution is -2.34. The van der Waals surface area contributed by atoms with E-state index < -0.39 is 17.1 Å². The highest BCUT2D eigenvalue weighted by atomic mass is 32.2. The monoisotopic (exact) mass is 868 g/mol. The summed E-state index contributed by atoms with van der Waals surface area (Å²) in [5.74, 6) is 0.423. The third-order valence-corrected chi connectivity index (χ3v) is 12.6. The van der Waals surface area contributed by atoms with Crippen LogP contribution in [0.25, 0.3) is 0 Å². The predicted octanol–water partition coefficient (Wildman–Crippen LogP) is 12.3. The van der Waals surface area contributed by atoms with Crippen LogP contribution in [0.15, 0.2) is 112 Å². The normalized spacial score (nSPS) is 17.7. The van der Waals surface area contributed by atoms with Crippen molar-refractivity contribution < 1.29 is 28.6 Å². The number of methoxy groups -OCH3 is 2. The molecule has 2 aliphatic carbocycles. The number of carbonyl (C=O) groups excluding carboxylic acids is 3. The third-order valence-electron chi connectivity index (χ3n) is 11.9. The lowest BCUT2D eigenvalue weighted by Gasteiger charge is -2.29. The van der Waals surface area contributed by atoms with E-state index in [-0.39, 0.29) is 17.4 Å². The van der Waals surface area contributed by atoms with Gasteiger partial charge in [-0.25, -0.2) is 14.4 Å². The molecule has 1 aliphatic heterocycles. The number of thioether (sulfide) groups is 1. The Morgan fingerprint density at radius 1 is 1.00 bits per heavy atom. The van der Waals surface area contributed by atoms with Gasteiger partial charge in [-0.1, -0.05) is 78.3 Å². The van der Waals surface area contributed by atoms with Crippen LogP contribution < -0.4 is 5.32 Å². The smallest absolute Gasteiger partial charge is 0.414 e. The highest BCUT2D eigenvalue weighted by Crippen LogP contribution is 2.50. The molecule has 4 rings (SSSR count). The topological polar surface area (TPSA) is 97.4 Å². The molecule has 9 nitrogen and oxygen atoms in total. The van der Waals surface area contributed by atoms with Crippen molar-refractivity contribution in [1.29, 1.82) is 0 Å². The first-order chi connectivity index (χ1) is 29.3. The van der Waals surface area contributed by atoms with Gasteiger partial charge in [0.15, 0.2) is 0 Å². The average molecular weight is 868 g/mol. The molecule has 338 valence electrons. The Morgan fingerprint density at radius 3 is 2.39 bits per heavy atom. The van der Waals surface area contributed by atoms with E-state index in [0.717, 1.165) is 114 Å². The Balaban J connectivity index is 1.75. The first kappa shape index (κ1) is 50.0. The Labute approximate surface area is 377 Å². The number of anilines is 1. The molecule has 1 amide bonds. The number of hydrogen-bond donors (Lipinski definition) is 1. The fourth-order valence-electron chi connectivity index (χ4n) is 8.21. The fourth-order valence-corrected chi connectivity index (χ4v) is 8.70. The van der Waals surface area contributed by atoms with Crippen LogP contribution >= 0.6 is 11.8 Å². The van der Waals surface area contributed by atoms with Gasteiger partial charge in [0.25, 0.3) is 0 Å². The first-order valence-corrected chi connectivity index (χ1v) is 23.6. The molecule has 0 aromatic heterocycles. The van der Waals surface area contributed by atoms with Crippen LogP contribution in [0.4, 0.5) is 10.5 Å². The number of unbranched alkanes of at least 4 members (excludes halogenated alkanes) is 3. The molecule has 0 fully saturated rings. The molecule has 0 saturated carbocycles. The van der Waals surface area contributed by atoms with Gasteiger partial charge >= 0.3 is 18.0 Å². The van der Waals surface area contributed by atoms with Gasteiger partial charge in [-0.05, 0) is 147 Å². The van der Waals surface area contributed by atoms with E-state index in [1.54, 1.807) is 11.9 Å². The van der Waals surface area contributed by atoms with Gasteiger partial charge in [-0.2, -0.15) is 11.8 Å². The van der Waals surface area contributed by atoms with Crippen LogP contribution in [-0.2, 0) is 25.4 Å². The summed E-state index contributed by atoms with van der Waals surface area (Å²) in [6.45, 7) is 22.9. The Kier molecular flexibility index (Phi) is 17.8. The van der Waals surface area contributed by atoms with E-state index in [1.807, 2.05) is 56.8 Å². The number of nitrogens with zero attached hydrogens (tertiary/aromatic N) is 2. The zero-order valence-electron chi connectivity index (χ0n) is 39.7. The van der Waals surface area contributed by atoms with Gasteiger partial charge < -0.3 is 24.4 Å². The summed E-state index contributed by atoms with van der Waals surface area (Å²) in [6, 6.07) is 5.72. The molecule has 10 heteroatoms. The molecular weight excluding hydrogens is 795 g/mol. The molecule has 1 N–H and O–H groups in total. The maximum absolute atomic E-state index is 13.8. The zero-order valence-corrected chi connectivity index (χ0v) is 40.5. The molecule has 0 unspecified atom stereocenters. The number of ether oxygens (including phenoxy) is 3. The molecule has 1 aromatic rings. The van der Waals surface area contributed by atoms with Gasteiger partial charge in [0.2, 0.25) is 0 Å². The standard InChI is InChI=1S/C52H73N3O6S/c1-14-15-16-30-53-43-28-26-40(48(57)60-12)33-41(43)35-51(6,7)36(2)22-23-37-24-25-38(46(37)54(10)49(58)61-50(3,4)5)27-29-45-52(8,9)42-34-39(47(56)59-11)20-19-21-44(42)55(45)31-17-18-32-62-13/h19,21-23,26-29,33-34,53H,2,14-18,20,24-25,30-32,35H2,1,3-13H3/b23-22+,38-27+,45-29+. The van der Waals surface area contributed by atoms with Crippen molar-refractivity contribution in [3.05, 3.63) is 123 Å². The highest BCUT2D eigenvalue weighted by molar-refractivity contribution is 7.98. The molecule has 0 spiro atoms. The largest absolute Gasteiger partial charge is 0.466 e. The summed E-state index contributed by atoms with van der Waals surface area (Å²) >= 11 is 1.86. The summed E-state index contributed by atoms with van der Waals surface area (Å²) in [7, 11) is 4.62. The van der Waals surface area contributed by atoms with Crippen molar-refractivity contribution in [1.82, 2.24) is 9.80 Å².